The second-order valence-corrected chi connectivity index (χ2v) is 10.7. The summed E-state index contributed by atoms with van der Waals surface area (Å²) in [6.07, 6.45) is 3.68. The Labute approximate surface area is 244 Å². The second kappa shape index (κ2) is 16.1. The topological polar surface area (TPSA) is 83.0 Å². The number of nitrogens with one attached hydrogen (secondary N) is 2. The van der Waals surface area contributed by atoms with E-state index in [2.05, 4.69) is 17.2 Å². The Hall–Kier alpha value is -4.23. The zero-order valence-corrected chi connectivity index (χ0v) is 24.4. The van der Waals surface area contributed by atoms with Crippen molar-refractivity contribution >= 4 is 17.7 Å². The summed E-state index contributed by atoms with van der Waals surface area (Å²) in [5, 5.41) is 12.6. The molecule has 216 valence electrons. The Balaban J connectivity index is 1.92. The van der Waals surface area contributed by atoms with Gasteiger partial charge in [-0.1, -0.05) is 97.1 Å². The maximum absolute atomic E-state index is 13.8. The highest BCUT2D eigenvalue weighted by Crippen LogP contribution is 2.15. The fourth-order valence-electron chi connectivity index (χ4n) is 4.15. The molecule has 0 bridgehead atoms. The van der Waals surface area contributed by atoms with E-state index >= 15 is 0 Å². The number of hydrazone groups is 1. The van der Waals surface area contributed by atoms with Gasteiger partial charge in [0.05, 0.1) is 5.71 Å². The zero-order valence-electron chi connectivity index (χ0n) is 24.4. The monoisotopic (exact) mass is 554 g/mol. The van der Waals surface area contributed by atoms with Crippen LogP contribution in [0.25, 0.3) is 0 Å². The number of urea groups is 1. The van der Waals surface area contributed by atoms with Gasteiger partial charge in [-0.2, -0.15) is 5.10 Å². The maximum atomic E-state index is 13.8. The molecule has 0 heterocycles. The molecule has 3 aromatic carbocycles. The van der Waals surface area contributed by atoms with Gasteiger partial charge >= 0.3 is 12.0 Å². The molecule has 0 aliphatic heterocycles. The molecule has 3 aromatic rings. The Morgan fingerprint density at radius 2 is 1.46 bits per heavy atom. The fourth-order valence-corrected chi connectivity index (χ4v) is 4.15. The van der Waals surface area contributed by atoms with E-state index in [1.165, 1.54) is 5.01 Å². The molecular weight excluding hydrogens is 512 g/mol. The third kappa shape index (κ3) is 11.0. The molecule has 0 saturated carbocycles. The van der Waals surface area contributed by atoms with E-state index in [0.717, 1.165) is 36.2 Å². The number of ether oxygens (including phenoxy) is 1. The number of esters is 1. The molecule has 3 rings (SSSR count). The smallest absolute Gasteiger partial charge is 0.338 e. The lowest BCUT2D eigenvalue weighted by molar-refractivity contribution is -0.157. The van der Waals surface area contributed by atoms with Gasteiger partial charge in [0.1, 0.15) is 11.6 Å². The highest BCUT2D eigenvalue weighted by Gasteiger charge is 2.29. The van der Waals surface area contributed by atoms with E-state index < -0.39 is 23.6 Å². The lowest BCUT2D eigenvalue weighted by atomic mass is 10.0. The minimum atomic E-state index is -0.881. The van der Waals surface area contributed by atoms with Crippen LogP contribution >= 0.6 is 0 Å². The van der Waals surface area contributed by atoms with Crippen molar-refractivity contribution in [3.05, 3.63) is 120 Å². The van der Waals surface area contributed by atoms with Gasteiger partial charge in [-0.15, -0.1) is 6.58 Å². The number of unbranched alkanes of at least 4 members (excludes halogenated alkanes) is 1. The number of amides is 2. The highest BCUT2D eigenvalue weighted by molar-refractivity contribution is 6.13. The molecule has 0 aliphatic rings. The van der Waals surface area contributed by atoms with Crippen LogP contribution in [0.2, 0.25) is 0 Å². The number of hydrogen-bond acceptors (Lipinski definition) is 5. The van der Waals surface area contributed by atoms with E-state index in [-0.39, 0.29) is 0 Å². The van der Waals surface area contributed by atoms with Gasteiger partial charge in [-0.05, 0) is 45.7 Å². The van der Waals surface area contributed by atoms with Crippen LogP contribution in [0.5, 0.6) is 0 Å². The molecule has 2 amide bonds. The van der Waals surface area contributed by atoms with Crippen molar-refractivity contribution in [2.45, 2.75) is 51.7 Å². The summed E-state index contributed by atoms with van der Waals surface area (Å²) in [4.78, 5) is 27.1. The first-order valence-corrected chi connectivity index (χ1v) is 14.1. The van der Waals surface area contributed by atoms with Gasteiger partial charge in [0.15, 0.2) is 0 Å². The highest BCUT2D eigenvalue weighted by atomic mass is 16.6. The van der Waals surface area contributed by atoms with Crippen LogP contribution in [-0.4, -0.2) is 54.0 Å². The summed E-state index contributed by atoms with van der Waals surface area (Å²) in [5.74, 6) is -0.487. The molecule has 2 N–H and O–H groups in total. The molecule has 7 nitrogen and oxygen atoms in total. The quantitative estimate of drug-likeness (QED) is 0.0847. The lowest BCUT2D eigenvalue weighted by Crippen LogP contribution is -2.49. The van der Waals surface area contributed by atoms with Crippen LogP contribution in [-0.2, 0) is 16.0 Å². The number of rotatable bonds is 14. The normalized spacial score (nSPS) is 11.7. The number of carbonyl (C=O) groups is 2. The number of carbonyl (C=O) groups excluding carboxylic acids is 2. The number of hydrogen-bond donors (Lipinski definition) is 2. The summed E-state index contributed by atoms with van der Waals surface area (Å²) < 4.78 is 5.68. The summed E-state index contributed by atoms with van der Waals surface area (Å²) >= 11 is 0. The van der Waals surface area contributed by atoms with Crippen molar-refractivity contribution in [2.24, 2.45) is 5.10 Å². The summed E-state index contributed by atoms with van der Waals surface area (Å²) in [5.41, 5.74) is 2.67. The standard InChI is InChI=1S/C34H42N4O3/c1-5-23-35-24-15-16-25-38(37-31(28-19-11-7-12-20-28)29-21-13-8-14-22-29)33(40)36-30(32(39)41-34(2,3)4)26-27-17-9-6-10-18-27/h5-14,17-22,30,35H,1,15-16,23-26H2,2-4H3,(H,36,40)/t30-/m1/s1. The molecule has 0 saturated heterocycles. The molecule has 0 fully saturated rings. The van der Waals surface area contributed by atoms with Crippen molar-refractivity contribution in [1.82, 2.24) is 15.6 Å². The molecule has 0 spiro atoms. The van der Waals surface area contributed by atoms with Crippen molar-refractivity contribution in [1.29, 1.82) is 0 Å². The minimum Gasteiger partial charge on any atom is -0.458 e. The Kier molecular flexibility index (Phi) is 12.3. The van der Waals surface area contributed by atoms with Crippen LogP contribution in [0.3, 0.4) is 0 Å². The Morgan fingerprint density at radius 3 is 2.00 bits per heavy atom. The molecule has 0 aliphatic carbocycles. The molecule has 7 heteroatoms. The van der Waals surface area contributed by atoms with Gasteiger partial charge < -0.3 is 15.4 Å². The summed E-state index contributed by atoms with van der Waals surface area (Å²) in [6.45, 7) is 11.1. The predicted octanol–water partition coefficient (Wildman–Crippen LogP) is 5.96. The molecule has 0 aromatic heterocycles. The molecular formula is C34H42N4O3. The first kappa shape index (κ1) is 31.3. The first-order valence-electron chi connectivity index (χ1n) is 14.1. The van der Waals surface area contributed by atoms with Gasteiger partial charge in [0.2, 0.25) is 0 Å². The minimum absolute atomic E-state index is 0.300. The van der Waals surface area contributed by atoms with Crippen molar-refractivity contribution in [3.63, 3.8) is 0 Å². The van der Waals surface area contributed by atoms with Crippen LogP contribution in [0, 0.1) is 0 Å². The van der Waals surface area contributed by atoms with Crippen LogP contribution in [0.4, 0.5) is 4.79 Å². The molecule has 0 unspecified atom stereocenters. The average Bonchev–Trinajstić information content (AvgIpc) is 2.96. The van der Waals surface area contributed by atoms with Gasteiger partial charge in [-0.25, -0.2) is 14.6 Å². The van der Waals surface area contributed by atoms with Crippen molar-refractivity contribution < 1.29 is 14.3 Å². The van der Waals surface area contributed by atoms with Crippen LogP contribution in [0.15, 0.2) is 109 Å². The van der Waals surface area contributed by atoms with Crippen molar-refractivity contribution in [3.8, 4) is 0 Å². The fraction of sp³-hybridized carbons (Fsp3) is 0.324. The van der Waals surface area contributed by atoms with Gasteiger partial charge in [-0.3, -0.25) is 0 Å². The lowest BCUT2D eigenvalue weighted by Gasteiger charge is -2.27. The SMILES string of the molecule is C=CCNCCCCN(N=C(c1ccccc1)c1ccccc1)C(=O)N[C@H](Cc1ccccc1)C(=O)OC(C)(C)C. The van der Waals surface area contributed by atoms with Gasteiger partial charge in [0, 0.05) is 30.6 Å². The van der Waals surface area contributed by atoms with E-state index in [1.54, 1.807) is 0 Å². The van der Waals surface area contributed by atoms with E-state index in [0.29, 0.717) is 25.1 Å². The summed E-state index contributed by atoms with van der Waals surface area (Å²) in [7, 11) is 0. The average molecular weight is 555 g/mol. The molecule has 1 atom stereocenters. The van der Waals surface area contributed by atoms with Crippen molar-refractivity contribution in [2.75, 3.05) is 19.6 Å². The zero-order chi connectivity index (χ0) is 29.5. The predicted molar refractivity (Wildman–Crippen MR) is 166 cm³/mol. The second-order valence-electron chi connectivity index (χ2n) is 10.7. The van der Waals surface area contributed by atoms with E-state index in [1.807, 2.05) is 118 Å². The van der Waals surface area contributed by atoms with Crippen LogP contribution in [0.1, 0.15) is 50.3 Å². The van der Waals surface area contributed by atoms with Gasteiger partial charge in [0.25, 0.3) is 0 Å². The number of benzene rings is 3. The largest absolute Gasteiger partial charge is 0.458 e. The third-order valence-corrected chi connectivity index (χ3v) is 6.08. The molecule has 0 radical (unpaired) electrons. The molecule has 41 heavy (non-hydrogen) atoms. The number of nitrogens with zero attached hydrogens (tertiary/aromatic N) is 2. The summed E-state index contributed by atoms with van der Waals surface area (Å²) in [6, 6.07) is 27.8. The first-order chi connectivity index (χ1) is 19.8. The third-order valence-electron chi connectivity index (χ3n) is 6.08. The Bertz CT molecular complexity index is 1210. The van der Waals surface area contributed by atoms with Crippen LogP contribution < -0.4 is 10.6 Å². The Morgan fingerprint density at radius 1 is 0.902 bits per heavy atom. The maximum Gasteiger partial charge on any atom is 0.338 e. The van der Waals surface area contributed by atoms with E-state index in [9.17, 15) is 9.59 Å². The van der Waals surface area contributed by atoms with E-state index in [4.69, 9.17) is 9.84 Å².